The first kappa shape index (κ1) is 29.9. The van der Waals surface area contributed by atoms with Crippen LogP contribution in [-0.4, -0.2) is 16.1 Å². The molecular weight excluding hydrogens is 505 g/mol. The van der Waals surface area contributed by atoms with Crippen molar-refractivity contribution < 1.29 is 50.4 Å². The summed E-state index contributed by atoms with van der Waals surface area (Å²) in [6, 6.07) is 20.6. The zero-order valence-corrected chi connectivity index (χ0v) is 25.2. The maximum absolute atomic E-state index is 11.1. The fourth-order valence-corrected chi connectivity index (χ4v) is 5.15. The third-order valence-electron chi connectivity index (χ3n) is 6.31. The molecule has 5 nitrogen and oxygen atoms in total. The standard InChI is InChI=1S/C31H33NO4S.Na.H/c1-3-5-23(6-4-2)24-11-13-28(14-12-24)35-19-22-7-9-25(10-8-22)27-16-30(37-21-27)20-36-29-15-26(31(33)34)17-32-18-29;;/h7-18,21,23H,3-6,19-20H2,1-2H3,(H,33,34);;/q;+1;-1. The molecule has 2 heterocycles. The van der Waals surface area contributed by atoms with Gasteiger partial charge < -0.3 is 16.0 Å². The SMILES string of the molecule is CCCC(CCC)c1ccc(OCc2ccc(-c3csc(COc4cncc(C(=O)O)c4)c3)cc2)cc1.[H-].[Na+]. The molecule has 0 aliphatic rings. The summed E-state index contributed by atoms with van der Waals surface area (Å²) in [5.74, 6) is 0.953. The number of thiophene rings is 1. The molecule has 4 rings (SSSR count). The Kier molecular flexibility index (Phi) is 11.9. The van der Waals surface area contributed by atoms with Crippen molar-refractivity contribution in [1.82, 2.24) is 4.98 Å². The van der Waals surface area contributed by atoms with Gasteiger partial charge in [0.25, 0.3) is 0 Å². The number of aromatic carboxylic acids is 1. The van der Waals surface area contributed by atoms with Gasteiger partial charge in [0.05, 0.1) is 11.8 Å². The predicted octanol–water partition coefficient (Wildman–Crippen LogP) is 5.47. The topological polar surface area (TPSA) is 68.7 Å². The van der Waals surface area contributed by atoms with Crippen LogP contribution in [0.3, 0.4) is 0 Å². The van der Waals surface area contributed by atoms with E-state index in [1.165, 1.54) is 49.7 Å². The van der Waals surface area contributed by atoms with E-state index in [0.717, 1.165) is 27.3 Å². The molecule has 194 valence electrons. The van der Waals surface area contributed by atoms with Crippen LogP contribution in [0.25, 0.3) is 11.1 Å². The average Bonchev–Trinajstić information content (AvgIpc) is 3.40. The molecule has 0 saturated heterocycles. The summed E-state index contributed by atoms with van der Waals surface area (Å²) in [5.41, 5.74) is 4.89. The molecule has 0 saturated carbocycles. The Hall–Kier alpha value is -2.64. The van der Waals surface area contributed by atoms with Crippen molar-refractivity contribution >= 4 is 17.3 Å². The molecule has 4 aromatic rings. The number of ether oxygens (including phenoxy) is 2. The van der Waals surface area contributed by atoms with Gasteiger partial charge >= 0.3 is 35.5 Å². The zero-order chi connectivity index (χ0) is 26.0. The number of carboxylic acid groups (broad SMARTS) is 1. The van der Waals surface area contributed by atoms with E-state index >= 15 is 0 Å². The van der Waals surface area contributed by atoms with E-state index in [1.54, 1.807) is 11.3 Å². The monoisotopic (exact) mass is 539 g/mol. The van der Waals surface area contributed by atoms with E-state index < -0.39 is 5.97 Å². The molecule has 0 aliphatic heterocycles. The van der Waals surface area contributed by atoms with Crippen molar-refractivity contribution in [2.24, 2.45) is 0 Å². The second kappa shape index (κ2) is 15.1. The molecule has 0 fully saturated rings. The molecule has 0 unspecified atom stereocenters. The van der Waals surface area contributed by atoms with Crippen LogP contribution in [0.5, 0.6) is 11.5 Å². The Morgan fingerprint density at radius 2 is 1.58 bits per heavy atom. The number of nitrogens with zero attached hydrogens (tertiary/aromatic N) is 1. The minimum atomic E-state index is -1.02. The normalized spacial score (nSPS) is 10.7. The summed E-state index contributed by atoms with van der Waals surface area (Å²) in [4.78, 5) is 16.1. The molecule has 0 atom stereocenters. The van der Waals surface area contributed by atoms with Crippen LogP contribution in [0.4, 0.5) is 0 Å². The van der Waals surface area contributed by atoms with Crippen molar-refractivity contribution in [3.63, 3.8) is 0 Å². The van der Waals surface area contributed by atoms with Crippen LogP contribution in [0.15, 0.2) is 78.4 Å². The predicted molar refractivity (Wildman–Crippen MR) is 150 cm³/mol. The fourth-order valence-electron chi connectivity index (χ4n) is 4.35. The third kappa shape index (κ3) is 8.43. The number of hydrogen-bond donors (Lipinski definition) is 1. The molecule has 0 radical (unpaired) electrons. The second-order valence-corrected chi connectivity index (χ2v) is 10.1. The molecule has 2 aromatic carbocycles. The van der Waals surface area contributed by atoms with Crippen molar-refractivity contribution in [3.8, 4) is 22.6 Å². The van der Waals surface area contributed by atoms with Gasteiger partial charge in [-0.05, 0) is 70.7 Å². The number of rotatable bonds is 13. The Bertz CT molecular complexity index is 1290. The molecule has 0 amide bonds. The van der Waals surface area contributed by atoms with Gasteiger partial charge in [-0.3, -0.25) is 4.98 Å². The summed E-state index contributed by atoms with van der Waals surface area (Å²) in [6.07, 6.45) is 7.71. The van der Waals surface area contributed by atoms with E-state index in [2.05, 4.69) is 78.8 Å². The van der Waals surface area contributed by atoms with Crippen molar-refractivity contribution in [2.45, 2.75) is 58.7 Å². The van der Waals surface area contributed by atoms with E-state index in [9.17, 15) is 4.79 Å². The van der Waals surface area contributed by atoms with E-state index in [1.807, 2.05) is 0 Å². The summed E-state index contributed by atoms with van der Waals surface area (Å²) >= 11 is 1.61. The van der Waals surface area contributed by atoms with Crippen molar-refractivity contribution in [1.29, 1.82) is 0 Å². The van der Waals surface area contributed by atoms with Gasteiger partial charge in [0.1, 0.15) is 24.7 Å². The Morgan fingerprint density at radius 1 is 0.895 bits per heavy atom. The largest absolute Gasteiger partial charge is 1.00 e. The van der Waals surface area contributed by atoms with E-state index in [0.29, 0.717) is 24.9 Å². The number of carboxylic acids is 1. The van der Waals surface area contributed by atoms with Gasteiger partial charge in [-0.1, -0.05) is 63.1 Å². The first-order chi connectivity index (χ1) is 18.1. The summed E-state index contributed by atoms with van der Waals surface area (Å²) in [5, 5.41) is 11.2. The van der Waals surface area contributed by atoms with Crippen LogP contribution in [0.2, 0.25) is 0 Å². The Morgan fingerprint density at radius 3 is 2.24 bits per heavy atom. The Labute approximate surface area is 252 Å². The number of benzene rings is 2. The van der Waals surface area contributed by atoms with Crippen LogP contribution in [0.1, 0.15) is 73.2 Å². The van der Waals surface area contributed by atoms with Gasteiger partial charge in [-0.25, -0.2) is 4.79 Å². The molecule has 0 bridgehead atoms. The van der Waals surface area contributed by atoms with Gasteiger partial charge in [0, 0.05) is 11.1 Å². The quantitative estimate of drug-likeness (QED) is 0.228. The number of carbonyl (C=O) groups is 1. The van der Waals surface area contributed by atoms with Crippen LogP contribution >= 0.6 is 11.3 Å². The number of pyridine rings is 1. The smallest absolute Gasteiger partial charge is 1.00 e. The van der Waals surface area contributed by atoms with E-state index in [4.69, 9.17) is 14.6 Å². The fraction of sp³-hybridized carbons (Fsp3) is 0.290. The summed E-state index contributed by atoms with van der Waals surface area (Å²) in [6.45, 7) is 5.39. The first-order valence-corrected chi connectivity index (χ1v) is 13.6. The summed E-state index contributed by atoms with van der Waals surface area (Å²) < 4.78 is 11.8. The minimum Gasteiger partial charge on any atom is -1.00 e. The minimum absolute atomic E-state index is 0. The van der Waals surface area contributed by atoms with Crippen LogP contribution < -0.4 is 39.0 Å². The van der Waals surface area contributed by atoms with Crippen LogP contribution in [0, 0.1) is 0 Å². The molecule has 1 N–H and O–H groups in total. The molecular formula is C31H34NNaO4S. The maximum atomic E-state index is 11.1. The van der Waals surface area contributed by atoms with Crippen molar-refractivity contribution in [2.75, 3.05) is 0 Å². The molecule has 2 aromatic heterocycles. The van der Waals surface area contributed by atoms with Gasteiger partial charge in [0.15, 0.2) is 0 Å². The van der Waals surface area contributed by atoms with Gasteiger partial charge in [-0.15, -0.1) is 11.3 Å². The first-order valence-electron chi connectivity index (χ1n) is 12.8. The van der Waals surface area contributed by atoms with Gasteiger partial charge in [-0.2, -0.15) is 0 Å². The van der Waals surface area contributed by atoms with Crippen molar-refractivity contribution in [3.05, 3.63) is 100 Å². The Balaban J connectivity index is 0.00000267. The zero-order valence-electron chi connectivity index (χ0n) is 23.4. The summed E-state index contributed by atoms with van der Waals surface area (Å²) in [7, 11) is 0. The average molecular weight is 540 g/mol. The molecule has 0 aliphatic carbocycles. The maximum Gasteiger partial charge on any atom is 1.00 e. The third-order valence-corrected chi connectivity index (χ3v) is 7.22. The number of hydrogen-bond acceptors (Lipinski definition) is 5. The molecule has 0 spiro atoms. The second-order valence-electron chi connectivity index (χ2n) is 9.13. The van der Waals surface area contributed by atoms with Gasteiger partial charge in [0.2, 0.25) is 0 Å². The number of aromatic nitrogens is 1. The molecule has 38 heavy (non-hydrogen) atoms. The van der Waals surface area contributed by atoms with Crippen LogP contribution in [-0.2, 0) is 13.2 Å². The molecule has 7 heteroatoms. The van der Waals surface area contributed by atoms with E-state index in [-0.39, 0.29) is 36.5 Å².